The summed E-state index contributed by atoms with van der Waals surface area (Å²) < 4.78 is 0. The van der Waals surface area contributed by atoms with Gasteiger partial charge in [0.05, 0.1) is 17.9 Å². The molecule has 26 heavy (non-hydrogen) atoms. The van der Waals surface area contributed by atoms with Crippen LogP contribution >= 0.6 is 11.3 Å². The molecule has 1 N–H and O–H groups in total. The zero-order chi connectivity index (χ0) is 18.7. The molecule has 7 heteroatoms. The van der Waals surface area contributed by atoms with Crippen LogP contribution in [-0.4, -0.2) is 54.7 Å². The fourth-order valence-electron chi connectivity index (χ4n) is 3.98. The highest BCUT2D eigenvalue weighted by atomic mass is 32.1. The smallest absolute Gasteiger partial charge is 0.233 e. The minimum Gasteiger partial charge on any atom is -0.354 e. The molecule has 6 nitrogen and oxygen atoms in total. The molecule has 0 aromatic carbocycles. The second-order valence-corrected chi connectivity index (χ2v) is 8.35. The van der Waals surface area contributed by atoms with Crippen molar-refractivity contribution in [1.82, 2.24) is 15.1 Å². The second kappa shape index (κ2) is 8.31. The largest absolute Gasteiger partial charge is 0.354 e. The van der Waals surface area contributed by atoms with Gasteiger partial charge in [0.2, 0.25) is 17.7 Å². The van der Waals surface area contributed by atoms with Gasteiger partial charge in [0.15, 0.2) is 0 Å². The summed E-state index contributed by atoms with van der Waals surface area (Å²) in [6, 6.07) is 4.18. The minimum atomic E-state index is -0.142. The number of likely N-dealkylation sites (N-methyl/N-ethyl adjacent to an activating group) is 1. The lowest BCUT2D eigenvalue weighted by molar-refractivity contribution is -0.140. The van der Waals surface area contributed by atoms with E-state index in [4.69, 9.17) is 0 Å². The van der Waals surface area contributed by atoms with Gasteiger partial charge in [-0.3, -0.25) is 19.3 Å². The highest BCUT2D eigenvalue weighted by molar-refractivity contribution is 7.10. The van der Waals surface area contributed by atoms with Crippen molar-refractivity contribution < 1.29 is 14.4 Å². The molecule has 1 aromatic rings. The molecule has 2 aliphatic rings. The lowest BCUT2D eigenvalue weighted by Crippen LogP contribution is -2.38. The van der Waals surface area contributed by atoms with Crippen LogP contribution in [0.25, 0.3) is 0 Å². The van der Waals surface area contributed by atoms with Crippen molar-refractivity contribution in [3.8, 4) is 0 Å². The number of hydrogen-bond acceptors (Lipinski definition) is 5. The third kappa shape index (κ3) is 3.99. The number of carbonyl (C=O) groups is 3. The molecule has 2 fully saturated rings. The Morgan fingerprint density at radius 1 is 1.27 bits per heavy atom. The van der Waals surface area contributed by atoms with Gasteiger partial charge < -0.3 is 10.2 Å². The number of hydrogen-bond donors (Lipinski definition) is 1. The summed E-state index contributed by atoms with van der Waals surface area (Å²) in [5, 5.41) is 4.97. The number of rotatable bonds is 7. The number of nitrogens with one attached hydrogen (secondary N) is 1. The van der Waals surface area contributed by atoms with Crippen LogP contribution in [-0.2, 0) is 14.4 Å². The topological polar surface area (TPSA) is 69.7 Å². The highest BCUT2D eigenvalue weighted by Crippen LogP contribution is 2.37. The number of fused-ring (bicyclic) bond motifs is 1. The Morgan fingerprint density at radius 3 is 2.46 bits per heavy atom. The van der Waals surface area contributed by atoms with Gasteiger partial charge >= 0.3 is 0 Å². The Balaban J connectivity index is 1.49. The first kappa shape index (κ1) is 19.0. The molecular weight excluding hydrogens is 350 g/mol. The maximum absolute atomic E-state index is 12.4. The summed E-state index contributed by atoms with van der Waals surface area (Å²) in [5.41, 5.74) is 0. The Labute approximate surface area is 158 Å². The Kier molecular flexibility index (Phi) is 6.09. The van der Waals surface area contributed by atoms with Gasteiger partial charge in [-0.15, -0.1) is 11.3 Å². The maximum atomic E-state index is 12.4. The molecule has 1 aliphatic heterocycles. The van der Waals surface area contributed by atoms with Gasteiger partial charge in [0, 0.05) is 24.4 Å². The van der Waals surface area contributed by atoms with Gasteiger partial charge in [-0.2, -0.15) is 0 Å². The van der Waals surface area contributed by atoms with E-state index >= 15 is 0 Å². The number of nitrogens with zero attached hydrogens (tertiary/aromatic N) is 2. The minimum absolute atomic E-state index is 0.0720. The van der Waals surface area contributed by atoms with Crippen molar-refractivity contribution in [2.45, 2.75) is 38.1 Å². The van der Waals surface area contributed by atoms with Gasteiger partial charge in [0.1, 0.15) is 0 Å². The van der Waals surface area contributed by atoms with Crippen molar-refractivity contribution in [2.24, 2.45) is 11.8 Å². The molecule has 3 amide bonds. The number of likely N-dealkylation sites (tertiary alicyclic amines) is 1. The van der Waals surface area contributed by atoms with Crippen LogP contribution in [0.4, 0.5) is 0 Å². The van der Waals surface area contributed by atoms with Crippen LogP contribution in [0.15, 0.2) is 17.5 Å². The van der Waals surface area contributed by atoms with Crippen LogP contribution < -0.4 is 5.32 Å². The molecule has 1 aromatic heterocycles. The zero-order valence-electron chi connectivity index (χ0n) is 15.4. The molecule has 142 valence electrons. The molecule has 0 bridgehead atoms. The summed E-state index contributed by atoms with van der Waals surface area (Å²) >= 11 is 1.67. The summed E-state index contributed by atoms with van der Waals surface area (Å²) in [6.45, 7) is 0.710. The Bertz CT molecular complexity index is 635. The molecule has 1 saturated heterocycles. The first-order valence-electron chi connectivity index (χ1n) is 9.30. The molecule has 1 saturated carbocycles. The lowest BCUT2D eigenvalue weighted by Gasteiger charge is -2.23. The number of thiophene rings is 1. The van der Waals surface area contributed by atoms with Crippen LogP contribution in [0, 0.1) is 11.8 Å². The van der Waals surface area contributed by atoms with E-state index in [-0.39, 0.29) is 48.6 Å². The fraction of sp³-hybridized carbons (Fsp3) is 0.632. The Morgan fingerprint density at radius 2 is 1.92 bits per heavy atom. The van der Waals surface area contributed by atoms with E-state index in [1.807, 2.05) is 25.5 Å². The van der Waals surface area contributed by atoms with E-state index in [2.05, 4.69) is 16.3 Å². The van der Waals surface area contributed by atoms with Crippen molar-refractivity contribution in [1.29, 1.82) is 0 Å². The predicted molar refractivity (Wildman–Crippen MR) is 101 cm³/mol. The third-order valence-corrected chi connectivity index (χ3v) is 6.46. The van der Waals surface area contributed by atoms with Crippen molar-refractivity contribution in [2.75, 3.05) is 27.2 Å². The van der Waals surface area contributed by atoms with E-state index in [0.717, 1.165) is 25.7 Å². The predicted octanol–water partition coefficient (Wildman–Crippen LogP) is 2.03. The van der Waals surface area contributed by atoms with E-state index in [1.54, 1.807) is 11.3 Å². The Hall–Kier alpha value is -1.73. The molecule has 0 spiro atoms. The summed E-state index contributed by atoms with van der Waals surface area (Å²) in [5.74, 6) is -0.550. The average molecular weight is 378 g/mol. The van der Waals surface area contributed by atoms with Crippen molar-refractivity contribution in [3.63, 3.8) is 0 Å². The molecule has 3 atom stereocenters. The number of imide groups is 1. The molecular formula is C19H27N3O3S. The molecule has 2 heterocycles. The van der Waals surface area contributed by atoms with Crippen LogP contribution in [0.5, 0.6) is 0 Å². The number of carbonyl (C=O) groups excluding carboxylic acids is 3. The zero-order valence-corrected chi connectivity index (χ0v) is 16.3. The van der Waals surface area contributed by atoms with Gasteiger partial charge in [-0.05, 0) is 38.4 Å². The van der Waals surface area contributed by atoms with E-state index in [1.165, 1.54) is 9.78 Å². The van der Waals surface area contributed by atoms with Crippen LogP contribution in [0.2, 0.25) is 0 Å². The summed E-state index contributed by atoms with van der Waals surface area (Å²) in [4.78, 5) is 41.7. The quantitative estimate of drug-likeness (QED) is 0.738. The molecule has 0 unspecified atom stereocenters. The van der Waals surface area contributed by atoms with Crippen molar-refractivity contribution in [3.05, 3.63) is 22.4 Å². The lowest BCUT2D eigenvalue weighted by atomic mass is 9.81. The first-order chi connectivity index (χ1) is 12.5. The number of amides is 3. The SMILES string of the molecule is CN(C)[C@@H](CNC(=O)CCN1C(=O)[C@H]2CCCC[C@H]2C1=O)c1cccs1. The maximum Gasteiger partial charge on any atom is 0.233 e. The standard InChI is InChI=1S/C19H27N3O3S/c1-21(2)15(16-8-5-11-26-16)12-20-17(23)9-10-22-18(24)13-6-3-4-7-14(13)19(22)25/h5,8,11,13-15H,3-4,6-7,9-10,12H2,1-2H3,(H,20,23)/t13-,14+,15-/m0/s1. The summed E-state index contributed by atoms with van der Waals surface area (Å²) in [7, 11) is 3.97. The normalized spacial score (nSPS) is 24.0. The van der Waals surface area contributed by atoms with Crippen molar-refractivity contribution >= 4 is 29.1 Å². The van der Waals surface area contributed by atoms with Gasteiger partial charge in [0.25, 0.3) is 0 Å². The first-order valence-corrected chi connectivity index (χ1v) is 10.2. The van der Waals surface area contributed by atoms with Crippen LogP contribution in [0.3, 0.4) is 0 Å². The van der Waals surface area contributed by atoms with E-state index in [0.29, 0.717) is 6.54 Å². The average Bonchev–Trinajstić information content (AvgIpc) is 3.22. The summed E-state index contributed by atoms with van der Waals surface area (Å²) in [6.07, 6.45) is 3.82. The van der Waals surface area contributed by atoms with E-state index in [9.17, 15) is 14.4 Å². The fourth-order valence-corrected chi connectivity index (χ4v) is 4.90. The molecule has 3 rings (SSSR count). The highest BCUT2D eigenvalue weighted by Gasteiger charge is 2.47. The monoisotopic (exact) mass is 377 g/mol. The third-order valence-electron chi connectivity index (χ3n) is 5.48. The van der Waals surface area contributed by atoms with Gasteiger partial charge in [-0.1, -0.05) is 18.9 Å². The molecule has 1 aliphatic carbocycles. The van der Waals surface area contributed by atoms with Gasteiger partial charge in [-0.25, -0.2) is 0 Å². The molecule has 0 radical (unpaired) electrons. The van der Waals surface area contributed by atoms with Crippen LogP contribution in [0.1, 0.15) is 43.0 Å². The van der Waals surface area contributed by atoms with E-state index < -0.39 is 0 Å². The second-order valence-electron chi connectivity index (χ2n) is 7.37.